The van der Waals surface area contributed by atoms with Crippen molar-refractivity contribution in [3.05, 3.63) is 23.8 Å². The molecule has 1 unspecified atom stereocenters. The molecule has 1 N–H and O–H groups in total. The lowest BCUT2D eigenvalue weighted by Crippen LogP contribution is -2.52. The van der Waals surface area contributed by atoms with E-state index in [1.165, 1.54) is 4.90 Å². The van der Waals surface area contributed by atoms with Gasteiger partial charge in [-0.2, -0.15) is 0 Å². The zero-order valence-electron chi connectivity index (χ0n) is 13.1. The van der Waals surface area contributed by atoms with Crippen LogP contribution >= 0.6 is 0 Å². The van der Waals surface area contributed by atoms with Crippen LogP contribution in [0.4, 0.5) is 11.4 Å². The molecule has 1 aromatic rings. The molecule has 0 aromatic heterocycles. The highest BCUT2D eigenvalue weighted by Gasteiger charge is 2.33. The molecule has 7 heteroatoms. The maximum absolute atomic E-state index is 12.1. The Morgan fingerprint density at radius 1 is 1.26 bits per heavy atom. The molecule has 23 heavy (non-hydrogen) atoms. The van der Waals surface area contributed by atoms with Crippen LogP contribution in [0.15, 0.2) is 18.2 Å². The van der Waals surface area contributed by atoms with Gasteiger partial charge < -0.3 is 14.6 Å². The number of hydrogen-bond acceptors (Lipinski definition) is 5. The number of imide groups is 1. The first-order valence-electron chi connectivity index (χ1n) is 7.29. The van der Waals surface area contributed by atoms with Crippen molar-refractivity contribution >= 4 is 35.9 Å². The Balaban J connectivity index is 2.47. The van der Waals surface area contributed by atoms with Crippen molar-refractivity contribution in [1.29, 1.82) is 0 Å². The van der Waals surface area contributed by atoms with Crippen molar-refractivity contribution in [2.75, 3.05) is 23.9 Å². The van der Waals surface area contributed by atoms with Crippen molar-refractivity contribution in [2.24, 2.45) is 0 Å². The summed E-state index contributed by atoms with van der Waals surface area (Å²) >= 11 is 0. The van der Waals surface area contributed by atoms with E-state index in [-0.39, 0.29) is 25.2 Å². The lowest BCUT2D eigenvalue weighted by molar-refractivity contribution is -0.134. The molecule has 122 valence electrons. The fourth-order valence-electron chi connectivity index (χ4n) is 2.80. The second kappa shape index (κ2) is 7.04. The summed E-state index contributed by atoms with van der Waals surface area (Å²) in [6, 6.07) is 4.53. The Morgan fingerprint density at radius 2 is 2.00 bits per heavy atom. The molecule has 1 atom stereocenters. The predicted molar refractivity (Wildman–Crippen MR) is 85.3 cm³/mol. The summed E-state index contributed by atoms with van der Waals surface area (Å²) in [5, 5.41) is 2.25. The summed E-state index contributed by atoms with van der Waals surface area (Å²) in [5.41, 5.74) is 2.01. The quantitative estimate of drug-likeness (QED) is 0.601. The van der Waals surface area contributed by atoms with Gasteiger partial charge in [0, 0.05) is 26.9 Å². The third-order valence-electron chi connectivity index (χ3n) is 3.79. The molecule has 3 amide bonds. The highest BCUT2D eigenvalue weighted by atomic mass is 16.2. The van der Waals surface area contributed by atoms with Gasteiger partial charge >= 0.3 is 0 Å². The lowest BCUT2D eigenvalue weighted by atomic mass is 10.0. The zero-order valence-corrected chi connectivity index (χ0v) is 13.1. The number of para-hydroxylation sites is 1. The molecular weight excluding hydrogens is 298 g/mol. The van der Waals surface area contributed by atoms with Crippen molar-refractivity contribution in [3.63, 3.8) is 0 Å². The number of piperidine rings is 1. The van der Waals surface area contributed by atoms with Gasteiger partial charge in [0.1, 0.15) is 12.3 Å². The van der Waals surface area contributed by atoms with Crippen LogP contribution in [0.5, 0.6) is 0 Å². The SMILES string of the molecule is CN(C)c1c(CC=O)cccc1N(C=O)C1CCC(=O)NC1=O. The number of nitrogens with zero attached hydrogens (tertiary/aromatic N) is 2. The fraction of sp³-hybridized carbons (Fsp3) is 0.375. The first-order valence-corrected chi connectivity index (χ1v) is 7.29. The van der Waals surface area contributed by atoms with Gasteiger partial charge in [0.05, 0.1) is 11.4 Å². The molecule has 1 saturated heterocycles. The van der Waals surface area contributed by atoms with Gasteiger partial charge in [-0.25, -0.2) is 0 Å². The first kappa shape index (κ1) is 16.7. The van der Waals surface area contributed by atoms with Crippen LogP contribution in [-0.2, 0) is 25.6 Å². The Labute approximate surface area is 134 Å². The molecular formula is C16H19N3O4. The van der Waals surface area contributed by atoms with Gasteiger partial charge in [-0.3, -0.25) is 19.7 Å². The largest absolute Gasteiger partial charge is 0.376 e. The highest BCUT2D eigenvalue weighted by molar-refractivity contribution is 6.04. The molecule has 0 saturated carbocycles. The molecule has 1 heterocycles. The molecule has 0 bridgehead atoms. The lowest BCUT2D eigenvalue weighted by Gasteiger charge is -2.33. The number of nitrogens with one attached hydrogen (secondary N) is 1. The summed E-state index contributed by atoms with van der Waals surface area (Å²) in [5.74, 6) is -0.821. The van der Waals surface area contributed by atoms with Gasteiger partial charge in [-0.15, -0.1) is 0 Å². The van der Waals surface area contributed by atoms with Crippen molar-refractivity contribution in [2.45, 2.75) is 25.3 Å². The molecule has 1 aliphatic rings. The number of amides is 3. The Morgan fingerprint density at radius 3 is 2.57 bits per heavy atom. The third kappa shape index (κ3) is 3.39. The van der Waals surface area contributed by atoms with E-state index in [1.807, 2.05) is 0 Å². The number of hydrogen-bond donors (Lipinski definition) is 1. The Bertz CT molecular complexity index is 642. The van der Waals surface area contributed by atoms with Crippen LogP contribution in [0.1, 0.15) is 18.4 Å². The number of carbonyl (C=O) groups excluding carboxylic acids is 4. The minimum Gasteiger partial charge on any atom is -0.376 e. The number of benzene rings is 1. The van der Waals surface area contributed by atoms with Crippen LogP contribution in [0.2, 0.25) is 0 Å². The zero-order chi connectivity index (χ0) is 17.0. The average molecular weight is 317 g/mol. The second-order valence-corrected chi connectivity index (χ2v) is 5.53. The van der Waals surface area contributed by atoms with E-state index in [9.17, 15) is 19.2 Å². The van der Waals surface area contributed by atoms with E-state index in [0.717, 1.165) is 11.8 Å². The summed E-state index contributed by atoms with van der Waals surface area (Å²) in [7, 11) is 3.61. The number of aldehydes is 1. The van der Waals surface area contributed by atoms with E-state index < -0.39 is 11.9 Å². The van der Waals surface area contributed by atoms with E-state index in [1.54, 1.807) is 37.2 Å². The summed E-state index contributed by atoms with van der Waals surface area (Å²) in [4.78, 5) is 49.0. The monoisotopic (exact) mass is 317 g/mol. The Hall–Kier alpha value is -2.70. The molecule has 1 fully saturated rings. The molecule has 1 aliphatic heterocycles. The highest BCUT2D eigenvalue weighted by Crippen LogP contribution is 2.33. The van der Waals surface area contributed by atoms with Gasteiger partial charge in [-0.1, -0.05) is 12.1 Å². The van der Waals surface area contributed by atoms with Crippen molar-refractivity contribution in [1.82, 2.24) is 5.32 Å². The molecule has 0 radical (unpaired) electrons. The minimum absolute atomic E-state index is 0.187. The number of anilines is 2. The maximum atomic E-state index is 12.1. The smallest absolute Gasteiger partial charge is 0.249 e. The number of rotatable bonds is 6. The van der Waals surface area contributed by atoms with E-state index in [2.05, 4.69) is 5.32 Å². The summed E-state index contributed by atoms with van der Waals surface area (Å²) < 4.78 is 0. The van der Waals surface area contributed by atoms with Gasteiger partial charge in [0.15, 0.2) is 0 Å². The van der Waals surface area contributed by atoms with Crippen LogP contribution in [-0.4, -0.2) is 44.6 Å². The predicted octanol–water partition coefficient (Wildman–Crippen LogP) is 0.262. The topological polar surface area (TPSA) is 86.8 Å². The van der Waals surface area contributed by atoms with Gasteiger partial charge in [0.25, 0.3) is 0 Å². The standard InChI is InChI=1S/C16H19N3O4/c1-18(2)15-11(8-9-20)4-3-5-12(15)19(10-21)13-6-7-14(22)17-16(13)23/h3-5,9-10,13H,6-8H2,1-2H3,(H,17,22,23). The normalized spacial score (nSPS) is 17.4. The van der Waals surface area contributed by atoms with Crippen LogP contribution in [0.25, 0.3) is 0 Å². The fourth-order valence-corrected chi connectivity index (χ4v) is 2.80. The van der Waals surface area contributed by atoms with Gasteiger partial charge in [0.2, 0.25) is 18.2 Å². The minimum atomic E-state index is -0.740. The van der Waals surface area contributed by atoms with Crippen molar-refractivity contribution < 1.29 is 19.2 Å². The first-order chi connectivity index (χ1) is 11.0. The van der Waals surface area contributed by atoms with E-state index in [4.69, 9.17) is 0 Å². The second-order valence-electron chi connectivity index (χ2n) is 5.53. The summed E-state index contributed by atoms with van der Waals surface area (Å²) in [6.45, 7) is 0. The van der Waals surface area contributed by atoms with Crippen LogP contribution < -0.4 is 15.1 Å². The number of carbonyl (C=O) groups is 4. The average Bonchev–Trinajstić information content (AvgIpc) is 2.50. The Kier molecular flexibility index (Phi) is 5.10. The molecule has 7 nitrogen and oxygen atoms in total. The van der Waals surface area contributed by atoms with Gasteiger partial charge in [-0.05, 0) is 18.1 Å². The molecule has 1 aromatic carbocycles. The summed E-state index contributed by atoms with van der Waals surface area (Å²) in [6.07, 6.45) is 2.06. The maximum Gasteiger partial charge on any atom is 0.249 e. The van der Waals surface area contributed by atoms with Crippen LogP contribution in [0, 0.1) is 0 Å². The molecule has 0 aliphatic carbocycles. The third-order valence-corrected chi connectivity index (χ3v) is 3.79. The van der Waals surface area contributed by atoms with E-state index >= 15 is 0 Å². The molecule has 2 rings (SSSR count). The van der Waals surface area contributed by atoms with Crippen LogP contribution in [0.3, 0.4) is 0 Å². The van der Waals surface area contributed by atoms with E-state index in [0.29, 0.717) is 17.8 Å². The molecule has 0 spiro atoms. The van der Waals surface area contributed by atoms with Crippen molar-refractivity contribution in [3.8, 4) is 0 Å².